The molecule has 3 N–H and O–H groups in total. The Kier molecular flexibility index (Phi) is 3.51. The number of carboxylic acids is 1. The van der Waals surface area contributed by atoms with Crippen molar-refractivity contribution >= 4 is 5.97 Å². The molecule has 3 nitrogen and oxygen atoms in total. The van der Waals surface area contributed by atoms with Gasteiger partial charge in [0.1, 0.15) is 11.6 Å². The minimum atomic E-state index is -1.19. The van der Waals surface area contributed by atoms with E-state index in [4.69, 9.17) is 10.8 Å². The lowest BCUT2D eigenvalue weighted by Gasteiger charge is -2.07. The molecule has 0 aromatic heterocycles. The van der Waals surface area contributed by atoms with Crippen LogP contribution in [0.4, 0.5) is 8.78 Å². The van der Waals surface area contributed by atoms with Crippen molar-refractivity contribution in [1.82, 2.24) is 0 Å². The summed E-state index contributed by atoms with van der Waals surface area (Å²) in [5, 5.41) is 8.32. The van der Waals surface area contributed by atoms with Gasteiger partial charge in [-0.25, -0.2) is 13.6 Å². The Morgan fingerprint density at radius 3 is 2.73 bits per heavy atom. The SMILES string of the molecule is NC(/C=C/C(=O)O)c1cc(F)ccc1F. The third-order valence-electron chi connectivity index (χ3n) is 1.76. The molecule has 0 saturated carbocycles. The molecule has 0 bridgehead atoms. The van der Waals surface area contributed by atoms with Crippen molar-refractivity contribution in [3.05, 3.63) is 47.5 Å². The average molecular weight is 213 g/mol. The summed E-state index contributed by atoms with van der Waals surface area (Å²) in [6.07, 6.45) is 1.87. The Hall–Kier alpha value is -1.75. The number of hydrogen-bond donors (Lipinski definition) is 2. The summed E-state index contributed by atoms with van der Waals surface area (Å²) >= 11 is 0. The average Bonchev–Trinajstić information content (AvgIpc) is 2.18. The van der Waals surface area contributed by atoms with Crippen molar-refractivity contribution in [1.29, 1.82) is 0 Å². The molecular formula is C10H9F2NO2. The van der Waals surface area contributed by atoms with Crippen LogP contribution >= 0.6 is 0 Å². The van der Waals surface area contributed by atoms with Gasteiger partial charge >= 0.3 is 5.97 Å². The molecule has 1 atom stereocenters. The van der Waals surface area contributed by atoms with E-state index in [1.807, 2.05) is 0 Å². The second kappa shape index (κ2) is 4.65. The summed E-state index contributed by atoms with van der Waals surface area (Å²) in [5.74, 6) is -2.48. The molecule has 0 aliphatic heterocycles. The van der Waals surface area contributed by atoms with Crippen LogP contribution in [0.5, 0.6) is 0 Å². The molecule has 1 rings (SSSR count). The van der Waals surface area contributed by atoms with Gasteiger partial charge in [0.25, 0.3) is 0 Å². The molecule has 0 spiro atoms. The largest absolute Gasteiger partial charge is 0.478 e. The fraction of sp³-hybridized carbons (Fsp3) is 0.100. The molecule has 0 fully saturated rings. The first-order valence-electron chi connectivity index (χ1n) is 4.12. The van der Waals surface area contributed by atoms with Crippen molar-refractivity contribution in [3.63, 3.8) is 0 Å². The fourth-order valence-corrected chi connectivity index (χ4v) is 1.06. The number of benzene rings is 1. The van der Waals surface area contributed by atoms with E-state index in [2.05, 4.69) is 0 Å². The van der Waals surface area contributed by atoms with Crippen LogP contribution in [0.25, 0.3) is 0 Å². The van der Waals surface area contributed by atoms with Gasteiger partial charge in [-0.1, -0.05) is 6.08 Å². The maximum atomic E-state index is 13.1. The maximum absolute atomic E-state index is 13.1. The summed E-state index contributed by atoms with van der Waals surface area (Å²) in [6.45, 7) is 0. The number of carboxylic acid groups (broad SMARTS) is 1. The molecule has 80 valence electrons. The number of aliphatic carboxylic acids is 1. The molecule has 15 heavy (non-hydrogen) atoms. The van der Waals surface area contributed by atoms with Gasteiger partial charge in [-0.3, -0.25) is 0 Å². The van der Waals surface area contributed by atoms with Crippen LogP contribution < -0.4 is 5.73 Å². The monoisotopic (exact) mass is 213 g/mol. The van der Waals surface area contributed by atoms with Crippen molar-refractivity contribution in [3.8, 4) is 0 Å². The van der Waals surface area contributed by atoms with Gasteiger partial charge in [0, 0.05) is 11.6 Å². The smallest absolute Gasteiger partial charge is 0.328 e. The Labute approximate surface area is 84.8 Å². The van der Waals surface area contributed by atoms with E-state index < -0.39 is 23.6 Å². The van der Waals surface area contributed by atoms with E-state index in [1.54, 1.807) is 0 Å². The van der Waals surface area contributed by atoms with Gasteiger partial charge in [-0.15, -0.1) is 0 Å². The summed E-state index contributed by atoms with van der Waals surface area (Å²) in [5.41, 5.74) is 5.38. The highest BCUT2D eigenvalue weighted by atomic mass is 19.1. The van der Waals surface area contributed by atoms with Crippen LogP contribution in [0.15, 0.2) is 30.4 Å². The third kappa shape index (κ3) is 3.14. The predicted molar refractivity (Wildman–Crippen MR) is 50.1 cm³/mol. The normalized spacial score (nSPS) is 13.0. The first-order chi connectivity index (χ1) is 7.00. The molecule has 1 unspecified atom stereocenters. The topological polar surface area (TPSA) is 63.3 Å². The van der Waals surface area contributed by atoms with Gasteiger partial charge in [-0.05, 0) is 18.2 Å². The maximum Gasteiger partial charge on any atom is 0.328 e. The Bertz CT molecular complexity index is 404. The van der Waals surface area contributed by atoms with E-state index in [1.165, 1.54) is 0 Å². The Morgan fingerprint density at radius 1 is 1.47 bits per heavy atom. The van der Waals surface area contributed by atoms with E-state index >= 15 is 0 Å². The van der Waals surface area contributed by atoms with Crippen molar-refractivity contribution in [2.24, 2.45) is 5.73 Å². The lowest BCUT2D eigenvalue weighted by molar-refractivity contribution is -0.131. The lowest BCUT2D eigenvalue weighted by Crippen LogP contribution is -2.10. The highest BCUT2D eigenvalue weighted by molar-refractivity contribution is 5.79. The van der Waals surface area contributed by atoms with E-state index in [0.717, 1.165) is 30.4 Å². The summed E-state index contributed by atoms with van der Waals surface area (Å²) in [7, 11) is 0. The number of rotatable bonds is 3. The van der Waals surface area contributed by atoms with E-state index in [-0.39, 0.29) is 5.56 Å². The van der Waals surface area contributed by atoms with E-state index in [9.17, 15) is 13.6 Å². The second-order valence-corrected chi connectivity index (χ2v) is 2.89. The number of halogens is 2. The minimum absolute atomic E-state index is 0.0764. The van der Waals surface area contributed by atoms with Crippen molar-refractivity contribution in [2.45, 2.75) is 6.04 Å². The van der Waals surface area contributed by atoms with Gasteiger partial charge in [0.05, 0.1) is 6.04 Å². The quantitative estimate of drug-likeness (QED) is 0.749. The number of nitrogens with two attached hydrogens (primary N) is 1. The first-order valence-corrected chi connectivity index (χ1v) is 4.12. The van der Waals surface area contributed by atoms with Crippen molar-refractivity contribution < 1.29 is 18.7 Å². The van der Waals surface area contributed by atoms with Crippen LogP contribution in [0.3, 0.4) is 0 Å². The van der Waals surface area contributed by atoms with Crippen LogP contribution in [0, 0.1) is 11.6 Å². The van der Waals surface area contributed by atoms with Crippen LogP contribution in [0.1, 0.15) is 11.6 Å². The van der Waals surface area contributed by atoms with Crippen LogP contribution in [0.2, 0.25) is 0 Å². The molecule has 5 heteroatoms. The predicted octanol–water partition coefficient (Wildman–Crippen LogP) is 1.61. The number of carbonyl (C=O) groups is 1. The lowest BCUT2D eigenvalue weighted by atomic mass is 10.1. The second-order valence-electron chi connectivity index (χ2n) is 2.89. The minimum Gasteiger partial charge on any atom is -0.478 e. The highest BCUT2D eigenvalue weighted by Gasteiger charge is 2.09. The first kappa shape index (κ1) is 11.3. The highest BCUT2D eigenvalue weighted by Crippen LogP contribution is 2.17. The summed E-state index contributed by atoms with van der Waals surface area (Å²) in [6, 6.07) is 1.87. The van der Waals surface area contributed by atoms with Crippen LogP contribution in [-0.4, -0.2) is 11.1 Å². The molecule has 0 aliphatic carbocycles. The van der Waals surface area contributed by atoms with Crippen LogP contribution in [-0.2, 0) is 4.79 Å². The van der Waals surface area contributed by atoms with Crippen molar-refractivity contribution in [2.75, 3.05) is 0 Å². The third-order valence-corrected chi connectivity index (χ3v) is 1.76. The zero-order valence-electron chi connectivity index (χ0n) is 7.65. The molecule has 0 amide bonds. The fourth-order valence-electron chi connectivity index (χ4n) is 1.06. The Balaban J connectivity index is 2.95. The van der Waals surface area contributed by atoms with Gasteiger partial charge < -0.3 is 10.8 Å². The number of hydrogen-bond acceptors (Lipinski definition) is 2. The molecule has 0 heterocycles. The standard InChI is InChI=1S/C10H9F2NO2/c11-6-1-2-8(12)7(5-6)9(13)3-4-10(14)15/h1-5,9H,13H2,(H,14,15)/b4-3+. The molecule has 1 aromatic rings. The molecule has 0 saturated heterocycles. The molecule has 0 radical (unpaired) electrons. The molecular weight excluding hydrogens is 204 g/mol. The summed E-state index contributed by atoms with van der Waals surface area (Å²) < 4.78 is 25.9. The zero-order chi connectivity index (χ0) is 11.4. The molecule has 0 aliphatic rings. The van der Waals surface area contributed by atoms with Gasteiger partial charge in [-0.2, -0.15) is 0 Å². The van der Waals surface area contributed by atoms with Gasteiger partial charge in [0.2, 0.25) is 0 Å². The van der Waals surface area contributed by atoms with E-state index in [0.29, 0.717) is 0 Å². The Morgan fingerprint density at radius 2 is 2.13 bits per heavy atom. The molecule has 1 aromatic carbocycles. The van der Waals surface area contributed by atoms with Gasteiger partial charge in [0.15, 0.2) is 0 Å². The summed E-state index contributed by atoms with van der Waals surface area (Å²) in [4.78, 5) is 10.2. The zero-order valence-corrected chi connectivity index (χ0v) is 7.65.